The molecule has 0 aliphatic heterocycles. The number of pyridine rings is 1. The van der Waals surface area contributed by atoms with Crippen LogP contribution in [-0.2, 0) is 12.8 Å². The van der Waals surface area contributed by atoms with Crippen molar-refractivity contribution in [3.05, 3.63) is 59.4 Å². The van der Waals surface area contributed by atoms with Crippen LogP contribution in [0.2, 0.25) is 0 Å². The molecule has 0 aliphatic carbocycles. The van der Waals surface area contributed by atoms with Crippen molar-refractivity contribution in [2.45, 2.75) is 39.2 Å². The Balaban J connectivity index is 2.25. The fraction of sp³-hybridized carbons (Fsp3) is 0.389. The lowest BCUT2D eigenvalue weighted by atomic mass is 9.95. The van der Waals surface area contributed by atoms with Crippen LogP contribution in [0.1, 0.15) is 43.0 Å². The number of nitrogens with one attached hydrogen (secondary N) is 1. The van der Waals surface area contributed by atoms with Crippen molar-refractivity contribution in [1.82, 2.24) is 10.3 Å². The summed E-state index contributed by atoms with van der Waals surface area (Å²) < 4.78 is 0. The molecule has 1 aromatic heterocycles. The molecule has 2 N–H and O–H groups in total. The lowest BCUT2D eigenvalue weighted by Crippen LogP contribution is -2.25. The average molecular weight is 284 g/mol. The maximum Gasteiger partial charge on any atom is 0.115 e. The fourth-order valence-electron chi connectivity index (χ4n) is 2.60. The standard InChI is InChI=1S/C18H24N2O/c1-3-9-20-18(12-14-6-5-7-16(21)11-14)17-8-10-19-13-15(17)4-2/h5-8,10-11,13,18,20-21H,3-4,9,12H2,1-2H3. The largest absolute Gasteiger partial charge is 0.508 e. The summed E-state index contributed by atoms with van der Waals surface area (Å²) >= 11 is 0. The number of benzene rings is 1. The molecule has 0 spiro atoms. The van der Waals surface area contributed by atoms with Gasteiger partial charge in [-0.25, -0.2) is 0 Å². The molecule has 0 radical (unpaired) electrons. The molecule has 0 bridgehead atoms. The molecule has 3 nitrogen and oxygen atoms in total. The van der Waals surface area contributed by atoms with Crippen LogP contribution in [0.25, 0.3) is 0 Å². The van der Waals surface area contributed by atoms with Crippen molar-refractivity contribution in [1.29, 1.82) is 0 Å². The zero-order chi connectivity index (χ0) is 15.1. The van der Waals surface area contributed by atoms with Crippen LogP contribution < -0.4 is 5.32 Å². The number of phenols is 1. The third-order valence-corrected chi connectivity index (χ3v) is 3.69. The number of aromatic hydroxyl groups is 1. The van der Waals surface area contributed by atoms with E-state index >= 15 is 0 Å². The summed E-state index contributed by atoms with van der Waals surface area (Å²) in [6, 6.07) is 9.87. The molecular formula is C18H24N2O. The molecule has 2 rings (SSSR count). The summed E-state index contributed by atoms with van der Waals surface area (Å²) in [5.41, 5.74) is 3.73. The van der Waals surface area contributed by atoms with Crippen LogP contribution in [0.3, 0.4) is 0 Å². The molecule has 0 amide bonds. The minimum Gasteiger partial charge on any atom is -0.508 e. The zero-order valence-electron chi connectivity index (χ0n) is 12.8. The van der Waals surface area contributed by atoms with Gasteiger partial charge in [0.1, 0.15) is 5.75 Å². The molecule has 1 unspecified atom stereocenters. The minimum absolute atomic E-state index is 0.254. The molecule has 112 valence electrons. The van der Waals surface area contributed by atoms with Gasteiger partial charge >= 0.3 is 0 Å². The van der Waals surface area contributed by atoms with E-state index in [1.54, 1.807) is 6.07 Å². The van der Waals surface area contributed by atoms with Crippen molar-refractivity contribution >= 4 is 0 Å². The second-order valence-corrected chi connectivity index (χ2v) is 5.31. The summed E-state index contributed by atoms with van der Waals surface area (Å²) in [5, 5.41) is 13.3. The van der Waals surface area contributed by atoms with Crippen molar-refractivity contribution in [3.8, 4) is 5.75 Å². The SMILES string of the molecule is CCCNC(Cc1cccc(O)c1)c1ccncc1CC. The van der Waals surface area contributed by atoms with Gasteiger partial charge in [0.25, 0.3) is 0 Å². The Labute approximate surface area is 127 Å². The Kier molecular flexibility index (Phi) is 5.76. The monoisotopic (exact) mass is 284 g/mol. The third kappa shape index (κ3) is 4.30. The predicted molar refractivity (Wildman–Crippen MR) is 86.5 cm³/mol. The number of phenolic OH excluding ortho intramolecular Hbond substituents is 1. The molecule has 1 atom stereocenters. The fourth-order valence-corrected chi connectivity index (χ4v) is 2.60. The second kappa shape index (κ2) is 7.79. The third-order valence-electron chi connectivity index (χ3n) is 3.69. The quantitative estimate of drug-likeness (QED) is 0.816. The second-order valence-electron chi connectivity index (χ2n) is 5.31. The molecule has 0 saturated carbocycles. The van der Waals surface area contributed by atoms with Crippen LogP contribution >= 0.6 is 0 Å². The molecular weight excluding hydrogens is 260 g/mol. The van der Waals surface area contributed by atoms with Gasteiger partial charge in [0.15, 0.2) is 0 Å². The van der Waals surface area contributed by atoms with E-state index in [0.717, 1.165) is 31.4 Å². The van der Waals surface area contributed by atoms with Gasteiger partial charge in [-0.1, -0.05) is 26.0 Å². The van der Waals surface area contributed by atoms with E-state index in [4.69, 9.17) is 0 Å². The van der Waals surface area contributed by atoms with Crippen molar-refractivity contribution in [3.63, 3.8) is 0 Å². The number of hydrogen-bond acceptors (Lipinski definition) is 3. The van der Waals surface area contributed by atoms with Crippen molar-refractivity contribution < 1.29 is 5.11 Å². The van der Waals surface area contributed by atoms with Crippen LogP contribution in [0, 0.1) is 0 Å². The number of nitrogens with zero attached hydrogens (tertiary/aromatic N) is 1. The number of aromatic nitrogens is 1. The molecule has 1 heterocycles. The van der Waals surface area contributed by atoms with Gasteiger partial charge in [-0.3, -0.25) is 4.98 Å². The number of hydrogen-bond donors (Lipinski definition) is 2. The topological polar surface area (TPSA) is 45.1 Å². The van der Waals surface area contributed by atoms with Gasteiger partial charge < -0.3 is 10.4 Å². The molecule has 2 aromatic rings. The summed E-state index contributed by atoms with van der Waals surface area (Å²) in [7, 11) is 0. The molecule has 1 aromatic carbocycles. The summed E-state index contributed by atoms with van der Waals surface area (Å²) in [6.45, 7) is 5.31. The van der Waals surface area contributed by atoms with Gasteiger partial charge in [0.2, 0.25) is 0 Å². The zero-order valence-corrected chi connectivity index (χ0v) is 12.8. The Morgan fingerprint density at radius 3 is 2.81 bits per heavy atom. The van der Waals surface area contributed by atoms with E-state index in [1.807, 2.05) is 24.5 Å². The van der Waals surface area contributed by atoms with E-state index in [0.29, 0.717) is 5.75 Å². The Hall–Kier alpha value is -1.87. The smallest absolute Gasteiger partial charge is 0.115 e. The van der Waals surface area contributed by atoms with Crippen LogP contribution in [-0.4, -0.2) is 16.6 Å². The van der Waals surface area contributed by atoms with Crippen molar-refractivity contribution in [2.75, 3.05) is 6.54 Å². The normalized spacial score (nSPS) is 12.3. The lowest BCUT2D eigenvalue weighted by molar-refractivity contribution is 0.472. The Morgan fingerprint density at radius 1 is 1.24 bits per heavy atom. The van der Waals surface area contributed by atoms with E-state index in [9.17, 15) is 5.11 Å². The van der Waals surface area contributed by atoms with Crippen LogP contribution in [0.15, 0.2) is 42.7 Å². The summed E-state index contributed by atoms with van der Waals surface area (Å²) in [5.74, 6) is 0.326. The maximum absolute atomic E-state index is 9.64. The average Bonchev–Trinajstić information content (AvgIpc) is 2.51. The van der Waals surface area contributed by atoms with Crippen LogP contribution in [0.5, 0.6) is 5.75 Å². The highest BCUT2D eigenvalue weighted by Gasteiger charge is 2.15. The molecule has 3 heteroatoms. The van der Waals surface area contributed by atoms with Gasteiger partial charge in [-0.15, -0.1) is 0 Å². The van der Waals surface area contributed by atoms with Gasteiger partial charge in [0.05, 0.1) is 0 Å². The minimum atomic E-state index is 0.254. The summed E-state index contributed by atoms with van der Waals surface area (Å²) in [6.07, 6.45) is 6.76. The first-order valence-electron chi connectivity index (χ1n) is 7.68. The highest BCUT2D eigenvalue weighted by atomic mass is 16.3. The van der Waals surface area contributed by atoms with E-state index in [1.165, 1.54) is 11.1 Å². The first-order chi connectivity index (χ1) is 10.2. The van der Waals surface area contributed by atoms with Crippen molar-refractivity contribution in [2.24, 2.45) is 0 Å². The highest BCUT2D eigenvalue weighted by molar-refractivity contribution is 5.32. The predicted octanol–water partition coefficient (Wildman–Crippen LogP) is 3.63. The Morgan fingerprint density at radius 2 is 2.10 bits per heavy atom. The lowest BCUT2D eigenvalue weighted by Gasteiger charge is -2.21. The number of aryl methyl sites for hydroxylation is 1. The molecule has 0 fully saturated rings. The van der Waals surface area contributed by atoms with E-state index in [-0.39, 0.29) is 6.04 Å². The van der Waals surface area contributed by atoms with Gasteiger partial charge in [-0.2, -0.15) is 0 Å². The summed E-state index contributed by atoms with van der Waals surface area (Å²) in [4.78, 5) is 4.23. The highest BCUT2D eigenvalue weighted by Crippen LogP contribution is 2.23. The first-order valence-corrected chi connectivity index (χ1v) is 7.68. The Bertz CT molecular complexity index is 569. The van der Waals surface area contributed by atoms with Gasteiger partial charge in [-0.05, 0) is 60.7 Å². The van der Waals surface area contributed by atoms with E-state index < -0.39 is 0 Å². The molecule has 21 heavy (non-hydrogen) atoms. The first kappa shape index (κ1) is 15.5. The molecule has 0 saturated heterocycles. The molecule has 0 aliphatic rings. The van der Waals surface area contributed by atoms with Gasteiger partial charge in [0, 0.05) is 18.4 Å². The number of rotatable bonds is 7. The van der Waals surface area contributed by atoms with Crippen LogP contribution in [0.4, 0.5) is 0 Å². The maximum atomic E-state index is 9.64. The van der Waals surface area contributed by atoms with E-state index in [2.05, 4.69) is 36.3 Å².